The summed E-state index contributed by atoms with van der Waals surface area (Å²) in [5.41, 5.74) is -0.545. The third-order valence-corrected chi connectivity index (χ3v) is 11.0. The van der Waals surface area contributed by atoms with Gasteiger partial charge in [0, 0.05) is 11.8 Å². The van der Waals surface area contributed by atoms with Gasteiger partial charge in [0.05, 0.1) is 11.8 Å². The van der Waals surface area contributed by atoms with Crippen molar-refractivity contribution in [2.24, 2.45) is 29.6 Å². The molecule has 4 aliphatic carbocycles. The molecule has 5 fully saturated rings. The number of halogens is 2. The van der Waals surface area contributed by atoms with Crippen molar-refractivity contribution in [1.29, 1.82) is 0 Å². The predicted molar refractivity (Wildman–Crippen MR) is 140 cm³/mol. The number of esters is 4. The Kier molecular flexibility index (Phi) is 9.07. The molecule has 0 spiro atoms. The average molecular weight is 637 g/mol. The Hall–Kier alpha value is -2.39. The molecule has 2 bridgehead atoms. The van der Waals surface area contributed by atoms with Gasteiger partial charge >= 0.3 is 39.2 Å². The topological polar surface area (TPSA) is 169 Å². The van der Waals surface area contributed by atoms with Crippen LogP contribution >= 0.6 is 0 Å². The highest BCUT2D eigenvalue weighted by atomic mass is 32.2. The normalized spacial score (nSPS) is 32.6. The molecule has 5 aliphatic rings. The van der Waals surface area contributed by atoms with E-state index in [0.717, 1.165) is 57.8 Å². The van der Waals surface area contributed by atoms with Gasteiger partial charge in [-0.25, -0.2) is 9.59 Å². The van der Waals surface area contributed by atoms with E-state index >= 15 is 0 Å². The third-order valence-electron chi connectivity index (χ3n) is 10.0. The molecular formula is C28H38F2O12S. The minimum Gasteiger partial charge on any atom is -0.459 e. The number of carbonyl (C=O) groups is 4. The van der Waals surface area contributed by atoms with Gasteiger partial charge in [0.25, 0.3) is 0 Å². The molecule has 0 amide bonds. The number of rotatable bonds is 11. The number of hydrogen-bond acceptors (Lipinski definition) is 11. The second-order valence-corrected chi connectivity index (χ2v) is 14.0. The Labute approximate surface area is 248 Å². The van der Waals surface area contributed by atoms with Crippen LogP contribution in [0.1, 0.15) is 77.6 Å². The molecule has 0 aromatic rings. The summed E-state index contributed by atoms with van der Waals surface area (Å²) in [6, 6.07) is 0. The van der Waals surface area contributed by atoms with Crippen molar-refractivity contribution in [2.45, 2.75) is 107 Å². The van der Waals surface area contributed by atoms with E-state index in [4.69, 9.17) is 23.5 Å². The first-order valence-corrected chi connectivity index (χ1v) is 16.4. The van der Waals surface area contributed by atoms with Crippen LogP contribution < -0.4 is 0 Å². The van der Waals surface area contributed by atoms with Crippen LogP contribution in [0.3, 0.4) is 0 Å². The Balaban J connectivity index is 1.18. The number of hydrogen-bond donors (Lipinski definition) is 1. The number of fused-ring (bicyclic) bond motifs is 1. The van der Waals surface area contributed by atoms with E-state index in [1.807, 2.05) is 0 Å². The van der Waals surface area contributed by atoms with Gasteiger partial charge in [0.1, 0.15) is 31.0 Å². The molecule has 0 aromatic heterocycles. The molecule has 0 radical (unpaired) electrons. The third kappa shape index (κ3) is 6.13. The minimum atomic E-state index is -5.83. The summed E-state index contributed by atoms with van der Waals surface area (Å²) < 4.78 is 84.0. The van der Waals surface area contributed by atoms with E-state index < -0.39 is 94.1 Å². The van der Waals surface area contributed by atoms with Crippen LogP contribution in [0.2, 0.25) is 0 Å². The first-order chi connectivity index (χ1) is 20.2. The van der Waals surface area contributed by atoms with Gasteiger partial charge in [-0.2, -0.15) is 17.2 Å². The summed E-state index contributed by atoms with van der Waals surface area (Å²) in [5.74, 6) is -5.28. The van der Waals surface area contributed by atoms with E-state index in [1.165, 1.54) is 6.42 Å². The SMILES string of the molecule is CC(OC(=O)COCC(=O)OC1C2CC3C1OC(=O)C3C2C(=O)OC1(C2CCCCC2)CCCCC1)C(F)(F)S(=O)(=O)O. The monoisotopic (exact) mass is 636 g/mol. The average Bonchev–Trinajstić information content (AvgIpc) is 3.57. The van der Waals surface area contributed by atoms with Crippen molar-refractivity contribution >= 4 is 34.0 Å². The number of alkyl halides is 2. The number of ether oxygens (including phenoxy) is 5. The molecular weight excluding hydrogens is 598 g/mol. The van der Waals surface area contributed by atoms with Crippen LogP contribution in [0.4, 0.5) is 8.78 Å². The molecule has 1 heterocycles. The van der Waals surface area contributed by atoms with Crippen LogP contribution in [0.5, 0.6) is 0 Å². The molecule has 242 valence electrons. The van der Waals surface area contributed by atoms with Crippen LogP contribution in [-0.2, 0) is 53.0 Å². The molecule has 1 saturated heterocycles. The van der Waals surface area contributed by atoms with Crippen LogP contribution in [0.25, 0.3) is 0 Å². The molecule has 7 unspecified atom stereocenters. The lowest BCUT2D eigenvalue weighted by Crippen LogP contribution is -2.49. The molecule has 0 aromatic carbocycles. The Morgan fingerprint density at radius 2 is 1.65 bits per heavy atom. The van der Waals surface area contributed by atoms with Crippen LogP contribution in [0, 0.1) is 29.6 Å². The Morgan fingerprint density at radius 1 is 1.02 bits per heavy atom. The maximum absolute atomic E-state index is 13.8. The van der Waals surface area contributed by atoms with Crippen LogP contribution in [-0.4, -0.2) is 79.2 Å². The molecule has 7 atom stereocenters. The second kappa shape index (κ2) is 12.2. The molecule has 1 N–H and O–H groups in total. The standard InChI is InChI=1S/C28H38F2O12S/c1-15(28(29,30)43(35,36)37)39-19(31)13-38-14-20(32)40-23-18-12-17-21(25(33)41-24(17)23)22(18)26(34)42-27(10-6-3-7-11-27)16-8-4-2-5-9-16/h15-18,21-24H,2-14H2,1H3,(H,35,36,37). The predicted octanol–water partition coefficient (Wildman–Crippen LogP) is 2.96. The van der Waals surface area contributed by atoms with E-state index in [1.54, 1.807) is 0 Å². The van der Waals surface area contributed by atoms with Gasteiger partial charge in [0.2, 0.25) is 0 Å². The highest BCUT2D eigenvalue weighted by Crippen LogP contribution is 2.59. The van der Waals surface area contributed by atoms with Crippen molar-refractivity contribution in [3.8, 4) is 0 Å². The summed E-state index contributed by atoms with van der Waals surface area (Å²) in [6.07, 6.45) is 6.31. The van der Waals surface area contributed by atoms with Gasteiger partial charge in [-0.3, -0.25) is 14.1 Å². The van der Waals surface area contributed by atoms with Crippen molar-refractivity contribution in [3.63, 3.8) is 0 Å². The quantitative estimate of drug-likeness (QED) is 0.200. The minimum absolute atomic E-state index is 0.284. The number of carbonyl (C=O) groups excluding carboxylic acids is 4. The molecule has 43 heavy (non-hydrogen) atoms. The molecule has 1 aliphatic heterocycles. The first kappa shape index (κ1) is 32.0. The van der Waals surface area contributed by atoms with Gasteiger partial charge in [0.15, 0.2) is 6.10 Å². The van der Waals surface area contributed by atoms with E-state index in [-0.39, 0.29) is 11.8 Å². The van der Waals surface area contributed by atoms with Gasteiger partial charge < -0.3 is 23.7 Å². The Morgan fingerprint density at radius 3 is 2.30 bits per heavy atom. The summed E-state index contributed by atoms with van der Waals surface area (Å²) in [4.78, 5) is 51.0. The fraction of sp³-hybridized carbons (Fsp3) is 0.857. The van der Waals surface area contributed by atoms with Gasteiger partial charge in [-0.15, -0.1) is 0 Å². The zero-order valence-electron chi connectivity index (χ0n) is 23.9. The summed E-state index contributed by atoms with van der Waals surface area (Å²) in [7, 11) is -5.83. The molecule has 15 heteroatoms. The summed E-state index contributed by atoms with van der Waals surface area (Å²) >= 11 is 0. The zero-order chi connectivity index (χ0) is 31.2. The van der Waals surface area contributed by atoms with E-state index in [0.29, 0.717) is 13.3 Å². The lowest BCUT2D eigenvalue weighted by atomic mass is 9.69. The van der Waals surface area contributed by atoms with Gasteiger partial charge in [-0.05, 0) is 57.8 Å². The van der Waals surface area contributed by atoms with Crippen molar-refractivity contribution < 1.29 is 64.6 Å². The van der Waals surface area contributed by atoms with Crippen molar-refractivity contribution in [2.75, 3.05) is 13.2 Å². The largest absolute Gasteiger partial charge is 0.459 e. The zero-order valence-corrected chi connectivity index (χ0v) is 24.7. The van der Waals surface area contributed by atoms with Crippen molar-refractivity contribution in [3.05, 3.63) is 0 Å². The first-order valence-electron chi connectivity index (χ1n) is 15.0. The lowest BCUT2D eigenvalue weighted by molar-refractivity contribution is -0.187. The Bertz CT molecular complexity index is 1210. The summed E-state index contributed by atoms with van der Waals surface area (Å²) in [5, 5.41) is -4.75. The van der Waals surface area contributed by atoms with E-state index in [2.05, 4.69) is 4.74 Å². The fourth-order valence-electron chi connectivity index (χ4n) is 8.02. The summed E-state index contributed by atoms with van der Waals surface area (Å²) in [6.45, 7) is -1.22. The molecule has 5 rings (SSSR count). The maximum atomic E-state index is 13.8. The fourth-order valence-corrected chi connectivity index (χ4v) is 8.49. The van der Waals surface area contributed by atoms with Crippen molar-refractivity contribution in [1.82, 2.24) is 0 Å². The highest BCUT2D eigenvalue weighted by molar-refractivity contribution is 7.86. The van der Waals surface area contributed by atoms with Gasteiger partial charge in [-0.1, -0.05) is 25.7 Å². The molecule has 12 nitrogen and oxygen atoms in total. The lowest BCUT2D eigenvalue weighted by Gasteiger charge is -2.45. The van der Waals surface area contributed by atoms with Crippen LogP contribution in [0.15, 0.2) is 0 Å². The highest BCUT2D eigenvalue weighted by Gasteiger charge is 2.70. The van der Waals surface area contributed by atoms with E-state index in [9.17, 15) is 36.4 Å². The maximum Gasteiger partial charge on any atom is 0.405 e. The second-order valence-electron chi connectivity index (χ2n) is 12.5. The smallest absolute Gasteiger partial charge is 0.405 e. The molecule has 4 saturated carbocycles.